The smallest absolute Gasteiger partial charge is 0.256 e. The van der Waals surface area contributed by atoms with Crippen LogP contribution in [0.5, 0.6) is 0 Å². The Labute approximate surface area is 122 Å². The van der Waals surface area contributed by atoms with Gasteiger partial charge in [-0.2, -0.15) is 0 Å². The van der Waals surface area contributed by atoms with E-state index in [9.17, 15) is 0 Å². The molecular formula is C14H17ClN2OS. The van der Waals surface area contributed by atoms with Gasteiger partial charge in [0.15, 0.2) is 0 Å². The Morgan fingerprint density at radius 1 is 1.26 bits per heavy atom. The van der Waals surface area contributed by atoms with Crippen molar-refractivity contribution in [2.45, 2.75) is 37.3 Å². The van der Waals surface area contributed by atoms with Gasteiger partial charge in [-0.15, -0.1) is 0 Å². The zero-order valence-corrected chi connectivity index (χ0v) is 12.8. The van der Waals surface area contributed by atoms with Gasteiger partial charge in [0.25, 0.3) is 5.22 Å². The molecule has 0 fully saturated rings. The number of thioether (sulfide) groups is 1. The van der Waals surface area contributed by atoms with Gasteiger partial charge < -0.3 is 10.2 Å². The monoisotopic (exact) mass is 296 g/mol. The van der Waals surface area contributed by atoms with E-state index in [1.807, 2.05) is 45.0 Å². The molecule has 3 nitrogen and oxygen atoms in total. The molecule has 102 valence electrons. The lowest BCUT2D eigenvalue weighted by atomic mass is 10.1. The molecule has 0 saturated carbocycles. The molecule has 2 unspecified atom stereocenters. The molecule has 2 aromatic rings. The van der Waals surface area contributed by atoms with Gasteiger partial charge in [-0.3, -0.25) is 0 Å². The van der Waals surface area contributed by atoms with E-state index in [1.54, 1.807) is 11.8 Å². The van der Waals surface area contributed by atoms with Gasteiger partial charge in [0, 0.05) is 11.1 Å². The standard InChI is InChI=1S/C14H17ClN2OS/c1-8(16)13(11-4-6-12(15)7-5-11)19-14-17-9(2)10(3)18-14/h4-8,13H,16H2,1-3H3. The first kappa shape index (κ1) is 14.4. The summed E-state index contributed by atoms with van der Waals surface area (Å²) < 4.78 is 5.61. The topological polar surface area (TPSA) is 52.0 Å². The maximum absolute atomic E-state index is 6.08. The minimum atomic E-state index is -0.0151. The van der Waals surface area contributed by atoms with E-state index in [-0.39, 0.29) is 11.3 Å². The molecule has 2 N–H and O–H groups in total. The summed E-state index contributed by atoms with van der Waals surface area (Å²) in [7, 11) is 0. The summed E-state index contributed by atoms with van der Waals surface area (Å²) >= 11 is 7.46. The van der Waals surface area contributed by atoms with Crippen molar-refractivity contribution in [3.05, 3.63) is 46.3 Å². The van der Waals surface area contributed by atoms with Gasteiger partial charge in [0.1, 0.15) is 5.76 Å². The molecule has 1 aromatic heterocycles. The third kappa shape index (κ3) is 3.53. The minimum Gasteiger partial charge on any atom is -0.437 e. The lowest BCUT2D eigenvalue weighted by molar-refractivity contribution is 0.429. The van der Waals surface area contributed by atoms with Crippen LogP contribution in [0.15, 0.2) is 33.9 Å². The fourth-order valence-electron chi connectivity index (χ4n) is 1.73. The largest absolute Gasteiger partial charge is 0.437 e. The van der Waals surface area contributed by atoms with Crippen LogP contribution in [-0.4, -0.2) is 11.0 Å². The Kier molecular flexibility index (Phi) is 4.55. The molecule has 2 rings (SSSR count). The van der Waals surface area contributed by atoms with Crippen LogP contribution in [-0.2, 0) is 0 Å². The van der Waals surface area contributed by atoms with Crippen molar-refractivity contribution in [2.75, 3.05) is 0 Å². The first-order valence-corrected chi connectivity index (χ1v) is 7.35. The van der Waals surface area contributed by atoms with E-state index in [2.05, 4.69) is 4.98 Å². The molecule has 1 aromatic carbocycles. The molecule has 0 aliphatic carbocycles. The Bertz CT molecular complexity index is 532. The third-order valence-corrected chi connectivity index (χ3v) is 4.50. The maximum atomic E-state index is 6.08. The summed E-state index contributed by atoms with van der Waals surface area (Å²) in [5, 5.41) is 1.47. The molecule has 19 heavy (non-hydrogen) atoms. The lowest BCUT2D eigenvalue weighted by Gasteiger charge is -2.19. The molecule has 0 saturated heterocycles. The number of oxazole rings is 1. The number of hydrogen-bond acceptors (Lipinski definition) is 4. The van der Waals surface area contributed by atoms with Crippen molar-refractivity contribution in [1.82, 2.24) is 4.98 Å². The van der Waals surface area contributed by atoms with Gasteiger partial charge in [0.05, 0.1) is 10.9 Å². The zero-order valence-electron chi connectivity index (χ0n) is 11.2. The molecule has 0 spiro atoms. The van der Waals surface area contributed by atoms with Crippen molar-refractivity contribution in [3.63, 3.8) is 0 Å². The summed E-state index contributed by atoms with van der Waals surface area (Å²) in [6, 6.07) is 7.72. The van der Waals surface area contributed by atoms with Crippen molar-refractivity contribution < 1.29 is 4.42 Å². The molecule has 1 heterocycles. The number of nitrogens with two attached hydrogens (primary N) is 1. The fraction of sp³-hybridized carbons (Fsp3) is 0.357. The van der Waals surface area contributed by atoms with Crippen LogP contribution >= 0.6 is 23.4 Å². The summed E-state index contributed by atoms with van der Waals surface area (Å²) in [6.45, 7) is 5.83. The fourth-order valence-corrected chi connectivity index (χ4v) is 2.95. The second-order valence-electron chi connectivity index (χ2n) is 4.57. The predicted molar refractivity (Wildman–Crippen MR) is 79.7 cm³/mol. The first-order chi connectivity index (χ1) is 8.97. The van der Waals surface area contributed by atoms with Crippen molar-refractivity contribution >= 4 is 23.4 Å². The van der Waals surface area contributed by atoms with E-state index in [1.165, 1.54) is 0 Å². The van der Waals surface area contributed by atoms with Crippen LogP contribution in [0.3, 0.4) is 0 Å². The molecule has 0 aliphatic heterocycles. The highest BCUT2D eigenvalue weighted by Gasteiger charge is 2.21. The van der Waals surface area contributed by atoms with Gasteiger partial charge in [-0.05, 0) is 38.5 Å². The van der Waals surface area contributed by atoms with Gasteiger partial charge >= 0.3 is 0 Å². The van der Waals surface area contributed by atoms with Gasteiger partial charge in [0.2, 0.25) is 0 Å². The van der Waals surface area contributed by atoms with Crippen LogP contribution in [0.25, 0.3) is 0 Å². The number of benzene rings is 1. The highest BCUT2D eigenvalue weighted by atomic mass is 35.5. The Hall–Kier alpha value is -0.970. The number of aryl methyl sites for hydroxylation is 2. The first-order valence-electron chi connectivity index (χ1n) is 6.09. The molecular weight excluding hydrogens is 280 g/mol. The second-order valence-corrected chi connectivity index (χ2v) is 6.10. The van der Waals surface area contributed by atoms with E-state index in [4.69, 9.17) is 21.8 Å². The highest BCUT2D eigenvalue weighted by molar-refractivity contribution is 7.99. The number of nitrogens with zero attached hydrogens (tertiary/aromatic N) is 1. The molecule has 0 amide bonds. The average Bonchev–Trinajstić information content (AvgIpc) is 2.67. The summed E-state index contributed by atoms with van der Waals surface area (Å²) in [6.07, 6.45) is 0. The Morgan fingerprint density at radius 3 is 2.37 bits per heavy atom. The molecule has 0 aliphatic rings. The van der Waals surface area contributed by atoms with E-state index < -0.39 is 0 Å². The maximum Gasteiger partial charge on any atom is 0.256 e. The number of aromatic nitrogens is 1. The minimum absolute atomic E-state index is 0.0151. The van der Waals surface area contributed by atoms with Crippen LogP contribution in [0, 0.1) is 13.8 Å². The summed E-state index contributed by atoms with van der Waals surface area (Å²) in [5.74, 6) is 0.849. The van der Waals surface area contributed by atoms with E-state index in [0.29, 0.717) is 5.22 Å². The van der Waals surface area contributed by atoms with E-state index in [0.717, 1.165) is 22.0 Å². The third-order valence-electron chi connectivity index (χ3n) is 2.91. The number of hydrogen-bond donors (Lipinski definition) is 1. The van der Waals surface area contributed by atoms with Crippen LogP contribution < -0.4 is 5.73 Å². The van der Waals surface area contributed by atoms with Crippen LogP contribution in [0.1, 0.15) is 29.2 Å². The van der Waals surface area contributed by atoms with Gasteiger partial charge in [-0.1, -0.05) is 35.5 Å². The number of rotatable bonds is 4. The van der Waals surface area contributed by atoms with Crippen LogP contribution in [0.2, 0.25) is 5.02 Å². The predicted octanol–water partition coefficient (Wildman–Crippen LogP) is 4.13. The van der Waals surface area contributed by atoms with Crippen molar-refractivity contribution in [3.8, 4) is 0 Å². The average molecular weight is 297 g/mol. The summed E-state index contributed by atoms with van der Waals surface area (Å²) in [5.41, 5.74) is 8.12. The molecule has 5 heteroatoms. The normalized spacial score (nSPS) is 14.4. The van der Waals surface area contributed by atoms with E-state index >= 15 is 0 Å². The SMILES string of the molecule is Cc1nc(SC(c2ccc(Cl)cc2)C(C)N)oc1C. The van der Waals surface area contributed by atoms with Gasteiger partial charge in [-0.25, -0.2) is 4.98 Å². The van der Waals surface area contributed by atoms with Crippen molar-refractivity contribution in [2.24, 2.45) is 5.73 Å². The van der Waals surface area contributed by atoms with Crippen LogP contribution in [0.4, 0.5) is 0 Å². The molecule has 0 bridgehead atoms. The second kappa shape index (κ2) is 5.99. The number of halogens is 1. The van der Waals surface area contributed by atoms with Crippen molar-refractivity contribution in [1.29, 1.82) is 0 Å². The molecule has 2 atom stereocenters. The summed E-state index contributed by atoms with van der Waals surface area (Å²) in [4.78, 5) is 4.39. The quantitative estimate of drug-likeness (QED) is 0.862. The highest BCUT2D eigenvalue weighted by Crippen LogP contribution is 2.37. The lowest BCUT2D eigenvalue weighted by Crippen LogP contribution is -2.22. The Balaban J connectivity index is 2.23. The molecule has 0 radical (unpaired) electrons. The Morgan fingerprint density at radius 2 is 1.89 bits per heavy atom. The zero-order chi connectivity index (χ0) is 14.0.